The molecule has 3 rings (SSSR count). The number of carbonyl (C=O) groups excluding carboxylic acids is 2. The number of ketones is 2. The van der Waals surface area contributed by atoms with Crippen LogP contribution in [0.3, 0.4) is 0 Å². The lowest BCUT2D eigenvalue weighted by Crippen LogP contribution is -2.04. The van der Waals surface area contributed by atoms with Gasteiger partial charge in [-0.1, -0.05) is 35.0 Å². The maximum atomic E-state index is 12.4. The molecule has 0 amide bonds. The summed E-state index contributed by atoms with van der Waals surface area (Å²) in [6, 6.07) is 11.1. The number of hydrogen-bond donors (Lipinski definition) is 1. The number of halogens is 1. The van der Waals surface area contributed by atoms with Crippen molar-refractivity contribution in [2.24, 2.45) is 4.99 Å². The third-order valence-electron chi connectivity index (χ3n) is 4.20. The summed E-state index contributed by atoms with van der Waals surface area (Å²) < 4.78 is 0.973. The molecule has 0 saturated carbocycles. The molecular weight excluding hydrogens is 458 g/mol. The average Bonchev–Trinajstić information content (AvgIpc) is 3.33. The van der Waals surface area contributed by atoms with Crippen molar-refractivity contribution in [1.82, 2.24) is 0 Å². The predicted molar refractivity (Wildman–Crippen MR) is 119 cm³/mol. The minimum Gasteiger partial charge on any atom is -0.506 e. The monoisotopic (exact) mass is 475 g/mol. The van der Waals surface area contributed by atoms with E-state index in [1.54, 1.807) is 26.0 Å². The van der Waals surface area contributed by atoms with Gasteiger partial charge in [0, 0.05) is 27.5 Å². The molecule has 28 heavy (non-hydrogen) atoms. The van der Waals surface area contributed by atoms with E-state index in [-0.39, 0.29) is 23.9 Å². The second kappa shape index (κ2) is 8.94. The molecule has 1 aromatic carbocycles. The zero-order valence-electron chi connectivity index (χ0n) is 15.4. The highest BCUT2D eigenvalue weighted by Crippen LogP contribution is 2.39. The van der Waals surface area contributed by atoms with Crippen molar-refractivity contribution in [3.63, 3.8) is 0 Å². The number of aliphatic imine (C=N–C) groups is 1. The van der Waals surface area contributed by atoms with Crippen LogP contribution in [0.15, 0.2) is 51.2 Å². The Morgan fingerprint density at radius 1 is 1.07 bits per heavy atom. The first kappa shape index (κ1) is 20.6. The van der Waals surface area contributed by atoms with Gasteiger partial charge in [0.15, 0.2) is 11.6 Å². The van der Waals surface area contributed by atoms with Crippen molar-refractivity contribution < 1.29 is 14.7 Å². The summed E-state index contributed by atoms with van der Waals surface area (Å²) in [6.45, 7) is 3.56. The Hall–Kier alpha value is -2.09. The van der Waals surface area contributed by atoms with Crippen LogP contribution < -0.4 is 0 Å². The highest BCUT2D eigenvalue weighted by atomic mass is 79.9. The Bertz CT molecular complexity index is 1050. The van der Waals surface area contributed by atoms with Gasteiger partial charge in [-0.25, -0.2) is 0 Å². The number of rotatable bonds is 7. The summed E-state index contributed by atoms with van der Waals surface area (Å²) in [6.07, 6.45) is 0.420. The van der Waals surface area contributed by atoms with Crippen LogP contribution in [-0.2, 0) is 0 Å². The standard InChI is InChI=1S/C21H18BrNO3S2/c1-3-16(24)18-8-9-19(28-18)17(25)10-23-12(2)15-11-27-21(20(15)26)13-4-6-14(22)7-5-13/h4-9,11,26H,3,10H2,1-2H3. The smallest absolute Gasteiger partial charge is 0.194 e. The van der Waals surface area contributed by atoms with E-state index in [9.17, 15) is 14.7 Å². The van der Waals surface area contributed by atoms with Crippen molar-refractivity contribution in [2.75, 3.05) is 6.54 Å². The zero-order chi connectivity index (χ0) is 20.3. The first-order valence-corrected chi connectivity index (χ1v) is 11.1. The van der Waals surface area contributed by atoms with E-state index in [2.05, 4.69) is 20.9 Å². The maximum Gasteiger partial charge on any atom is 0.194 e. The SMILES string of the molecule is CCC(=O)c1ccc(C(=O)CN=C(C)c2csc(-c3ccc(Br)cc3)c2O)s1. The van der Waals surface area contributed by atoms with Gasteiger partial charge in [-0.3, -0.25) is 14.6 Å². The Kier molecular flexibility index (Phi) is 6.59. The van der Waals surface area contributed by atoms with Crippen LogP contribution in [0.1, 0.15) is 45.2 Å². The fraction of sp³-hybridized carbons (Fsp3) is 0.190. The lowest BCUT2D eigenvalue weighted by Gasteiger charge is -2.02. The number of nitrogens with zero attached hydrogens (tertiary/aromatic N) is 1. The van der Waals surface area contributed by atoms with Crippen LogP contribution in [-0.4, -0.2) is 28.9 Å². The van der Waals surface area contributed by atoms with Crippen LogP contribution >= 0.6 is 38.6 Å². The minimum absolute atomic E-state index is 0.0188. The second-order valence-corrected chi connectivity index (χ2v) is 8.98. The largest absolute Gasteiger partial charge is 0.506 e. The molecule has 0 aliphatic carbocycles. The minimum atomic E-state index is -0.137. The van der Waals surface area contributed by atoms with Gasteiger partial charge in [0.2, 0.25) is 0 Å². The summed E-state index contributed by atoms with van der Waals surface area (Å²) >= 11 is 6.05. The topological polar surface area (TPSA) is 66.7 Å². The van der Waals surface area contributed by atoms with Gasteiger partial charge in [0.1, 0.15) is 12.3 Å². The van der Waals surface area contributed by atoms with E-state index < -0.39 is 0 Å². The fourth-order valence-corrected chi connectivity index (χ4v) is 4.80. The van der Waals surface area contributed by atoms with Gasteiger partial charge >= 0.3 is 0 Å². The van der Waals surface area contributed by atoms with E-state index >= 15 is 0 Å². The van der Waals surface area contributed by atoms with Crippen LogP contribution in [0.2, 0.25) is 0 Å². The van der Waals surface area contributed by atoms with Gasteiger partial charge in [0.25, 0.3) is 0 Å². The van der Waals surface area contributed by atoms with E-state index in [4.69, 9.17) is 0 Å². The van der Waals surface area contributed by atoms with Crippen LogP contribution in [0.4, 0.5) is 0 Å². The first-order chi connectivity index (χ1) is 13.4. The summed E-state index contributed by atoms with van der Waals surface area (Å²) in [4.78, 5) is 30.3. The normalized spacial score (nSPS) is 11.6. The fourth-order valence-electron chi connectivity index (χ4n) is 2.58. The predicted octanol–water partition coefficient (Wildman–Crippen LogP) is 6.23. The molecule has 2 aromatic heterocycles. The molecule has 7 heteroatoms. The van der Waals surface area contributed by atoms with E-state index in [0.29, 0.717) is 27.5 Å². The van der Waals surface area contributed by atoms with Crippen molar-refractivity contribution in [3.8, 4) is 16.2 Å². The molecule has 3 aromatic rings. The zero-order valence-corrected chi connectivity index (χ0v) is 18.6. The molecule has 0 atom stereocenters. The van der Waals surface area contributed by atoms with E-state index in [1.807, 2.05) is 29.6 Å². The Morgan fingerprint density at radius 2 is 1.71 bits per heavy atom. The van der Waals surface area contributed by atoms with Gasteiger partial charge in [-0.15, -0.1) is 22.7 Å². The molecule has 0 spiro atoms. The summed E-state index contributed by atoms with van der Waals surface area (Å²) in [5.41, 5.74) is 2.16. The van der Waals surface area contributed by atoms with E-state index in [1.165, 1.54) is 22.7 Å². The molecule has 1 N–H and O–H groups in total. The van der Waals surface area contributed by atoms with Crippen molar-refractivity contribution >= 4 is 55.9 Å². The molecular formula is C21H18BrNO3S2. The second-order valence-electron chi connectivity index (χ2n) is 6.10. The third-order valence-corrected chi connectivity index (χ3v) is 6.91. The number of aromatic hydroxyl groups is 1. The van der Waals surface area contributed by atoms with E-state index in [0.717, 1.165) is 14.9 Å². The van der Waals surface area contributed by atoms with Gasteiger partial charge in [-0.05, 0) is 36.8 Å². The van der Waals surface area contributed by atoms with Crippen molar-refractivity contribution in [2.45, 2.75) is 20.3 Å². The molecule has 0 aliphatic heterocycles. The van der Waals surface area contributed by atoms with Crippen molar-refractivity contribution in [1.29, 1.82) is 0 Å². The van der Waals surface area contributed by atoms with Crippen molar-refractivity contribution in [3.05, 3.63) is 61.6 Å². The van der Waals surface area contributed by atoms with Gasteiger partial charge in [-0.2, -0.15) is 0 Å². The van der Waals surface area contributed by atoms with Crippen LogP contribution in [0.5, 0.6) is 5.75 Å². The number of hydrogen-bond acceptors (Lipinski definition) is 6. The van der Waals surface area contributed by atoms with Gasteiger partial charge < -0.3 is 5.11 Å². The number of benzene rings is 1. The Labute approximate surface area is 179 Å². The summed E-state index contributed by atoms with van der Waals surface area (Å²) in [5.74, 6) is 0.0720. The summed E-state index contributed by atoms with van der Waals surface area (Å²) in [5, 5.41) is 12.4. The summed E-state index contributed by atoms with van der Waals surface area (Å²) in [7, 11) is 0. The molecule has 0 saturated heterocycles. The number of thiophene rings is 2. The molecule has 2 heterocycles. The van der Waals surface area contributed by atoms with Crippen LogP contribution in [0.25, 0.3) is 10.4 Å². The maximum absolute atomic E-state index is 12.4. The lowest BCUT2D eigenvalue weighted by molar-refractivity contribution is 0.0989. The molecule has 4 nitrogen and oxygen atoms in total. The highest BCUT2D eigenvalue weighted by molar-refractivity contribution is 9.10. The quantitative estimate of drug-likeness (QED) is 0.325. The van der Waals surface area contributed by atoms with Gasteiger partial charge in [0.05, 0.1) is 14.6 Å². The first-order valence-electron chi connectivity index (χ1n) is 8.64. The lowest BCUT2D eigenvalue weighted by atomic mass is 10.1. The molecule has 0 unspecified atom stereocenters. The Morgan fingerprint density at radius 3 is 2.36 bits per heavy atom. The number of Topliss-reactive ketones (excluding diaryl/α,β-unsaturated/α-hetero) is 2. The molecule has 144 valence electrons. The molecule has 0 radical (unpaired) electrons. The third kappa shape index (κ3) is 4.48. The molecule has 0 aliphatic rings. The van der Waals surface area contributed by atoms with Crippen LogP contribution in [0, 0.1) is 0 Å². The molecule has 0 fully saturated rings. The Balaban J connectivity index is 1.75. The average molecular weight is 476 g/mol. The molecule has 0 bridgehead atoms. The highest BCUT2D eigenvalue weighted by Gasteiger charge is 2.16. The number of carbonyl (C=O) groups is 2.